The smallest absolute Gasteiger partial charge is 0.229 e. The van der Waals surface area contributed by atoms with Gasteiger partial charge in [-0.1, -0.05) is 6.07 Å². The highest BCUT2D eigenvalue weighted by Crippen LogP contribution is 2.22. The summed E-state index contributed by atoms with van der Waals surface area (Å²) in [6, 6.07) is 6.95. The summed E-state index contributed by atoms with van der Waals surface area (Å²) >= 11 is 0. The lowest BCUT2D eigenvalue weighted by Crippen LogP contribution is -2.17. The van der Waals surface area contributed by atoms with Crippen LogP contribution in [0.4, 0.5) is 18.9 Å². The van der Waals surface area contributed by atoms with Gasteiger partial charge in [0, 0.05) is 5.56 Å². The van der Waals surface area contributed by atoms with Crippen LogP contribution in [0.15, 0.2) is 36.4 Å². The van der Waals surface area contributed by atoms with Crippen molar-refractivity contribution in [2.24, 2.45) is 0 Å². The van der Waals surface area contributed by atoms with Gasteiger partial charge >= 0.3 is 0 Å². The number of benzene rings is 2. The first kappa shape index (κ1) is 14.9. The monoisotopic (exact) mass is 295 g/mol. The Labute approximate surface area is 119 Å². The van der Waals surface area contributed by atoms with Gasteiger partial charge in [0.25, 0.3) is 0 Å². The fourth-order valence-corrected chi connectivity index (χ4v) is 1.86. The minimum atomic E-state index is -0.880. The number of rotatable bonds is 4. The Morgan fingerprint density at radius 2 is 1.81 bits per heavy atom. The molecule has 2 rings (SSSR count). The van der Waals surface area contributed by atoms with Crippen LogP contribution in [0.3, 0.4) is 0 Å². The van der Waals surface area contributed by atoms with E-state index in [1.54, 1.807) is 0 Å². The molecule has 0 saturated heterocycles. The number of hydrogen-bond acceptors (Lipinski definition) is 2. The van der Waals surface area contributed by atoms with Gasteiger partial charge in [0.05, 0.1) is 13.5 Å². The summed E-state index contributed by atoms with van der Waals surface area (Å²) < 4.78 is 45.0. The fourth-order valence-electron chi connectivity index (χ4n) is 1.86. The van der Waals surface area contributed by atoms with Crippen LogP contribution in [0.25, 0.3) is 0 Å². The highest BCUT2D eigenvalue weighted by Gasteiger charge is 2.14. The zero-order valence-corrected chi connectivity index (χ0v) is 11.1. The van der Waals surface area contributed by atoms with Crippen molar-refractivity contribution in [2.45, 2.75) is 6.42 Å². The number of methoxy groups -OCH3 is 1. The Hall–Kier alpha value is -2.50. The summed E-state index contributed by atoms with van der Waals surface area (Å²) in [7, 11) is 1.38. The lowest BCUT2D eigenvalue weighted by atomic mass is 10.1. The largest absolute Gasteiger partial charge is 0.496 e. The molecule has 21 heavy (non-hydrogen) atoms. The minimum absolute atomic E-state index is 0.269. The summed E-state index contributed by atoms with van der Waals surface area (Å²) in [5, 5.41) is 2.13. The van der Waals surface area contributed by atoms with Gasteiger partial charge in [-0.05, 0) is 30.3 Å². The molecule has 0 aliphatic rings. The molecule has 110 valence electrons. The maximum absolute atomic E-state index is 13.4. The lowest BCUT2D eigenvalue weighted by molar-refractivity contribution is -0.115. The van der Waals surface area contributed by atoms with E-state index in [2.05, 4.69) is 5.32 Å². The van der Waals surface area contributed by atoms with Crippen molar-refractivity contribution in [1.82, 2.24) is 0 Å². The van der Waals surface area contributed by atoms with Crippen LogP contribution in [0.5, 0.6) is 5.75 Å². The number of carbonyl (C=O) groups is 1. The highest BCUT2D eigenvalue weighted by molar-refractivity contribution is 5.92. The van der Waals surface area contributed by atoms with Crippen molar-refractivity contribution < 1.29 is 22.7 Å². The molecule has 0 saturated carbocycles. The number of amides is 1. The van der Waals surface area contributed by atoms with E-state index in [1.165, 1.54) is 25.3 Å². The molecule has 0 aromatic heterocycles. The second-order valence-corrected chi connectivity index (χ2v) is 4.28. The van der Waals surface area contributed by atoms with E-state index < -0.39 is 29.0 Å². The SMILES string of the molecule is COc1ccc(F)cc1CC(=O)Nc1c(F)cccc1F. The number of anilines is 1. The predicted octanol–water partition coefficient (Wildman–Crippen LogP) is 3.29. The van der Waals surface area contributed by atoms with Crippen molar-refractivity contribution in [1.29, 1.82) is 0 Å². The van der Waals surface area contributed by atoms with Gasteiger partial charge in [0.15, 0.2) is 0 Å². The Bertz CT molecular complexity index is 654. The van der Waals surface area contributed by atoms with Gasteiger partial charge in [0.2, 0.25) is 5.91 Å². The summed E-state index contributed by atoms with van der Waals surface area (Å²) in [5.41, 5.74) is -0.246. The third kappa shape index (κ3) is 3.53. The number of hydrogen-bond donors (Lipinski definition) is 1. The van der Waals surface area contributed by atoms with Gasteiger partial charge in [-0.2, -0.15) is 0 Å². The van der Waals surface area contributed by atoms with Crippen LogP contribution in [0.1, 0.15) is 5.56 Å². The first-order valence-electron chi connectivity index (χ1n) is 6.07. The standard InChI is InChI=1S/C15H12F3NO2/c1-21-13-6-5-10(16)7-9(13)8-14(20)19-15-11(17)3-2-4-12(15)18/h2-7H,8H2,1H3,(H,19,20). The van der Waals surface area contributed by atoms with Crippen LogP contribution in [0.2, 0.25) is 0 Å². The number of nitrogens with one attached hydrogen (secondary N) is 1. The molecule has 0 aliphatic heterocycles. The molecule has 0 fully saturated rings. The summed E-state index contributed by atoms with van der Waals surface area (Å²) in [6.45, 7) is 0. The molecule has 0 radical (unpaired) electrons. The Morgan fingerprint density at radius 1 is 1.14 bits per heavy atom. The van der Waals surface area contributed by atoms with E-state index in [-0.39, 0.29) is 12.0 Å². The van der Waals surface area contributed by atoms with Crippen LogP contribution in [0, 0.1) is 17.5 Å². The summed E-state index contributed by atoms with van der Waals surface area (Å²) in [4.78, 5) is 11.8. The van der Waals surface area contributed by atoms with Crippen molar-refractivity contribution in [2.75, 3.05) is 12.4 Å². The third-order valence-corrected chi connectivity index (χ3v) is 2.82. The lowest BCUT2D eigenvalue weighted by Gasteiger charge is -2.10. The minimum Gasteiger partial charge on any atom is -0.496 e. The molecule has 2 aromatic rings. The maximum atomic E-state index is 13.4. The topological polar surface area (TPSA) is 38.3 Å². The number of para-hydroxylation sites is 1. The molecular weight excluding hydrogens is 283 g/mol. The van der Waals surface area contributed by atoms with Crippen molar-refractivity contribution in [3.63, 3.8) is 0 Å². The van der Waals surface area contributed by atoms with Crippen molar-refractivity contribution >= 4 is 11.6 Å². The molecule has 0 unspecified atom stereocenters. The van der Waals surface area contributed by atoms with Crippen molar-refractivity contribution in [3.05, 3.63) is 59.4 Å². The highest BCUT2D eigenvalue weighted by atomic mass is 19.1. The Kier molecular flexibility index (Phi) is 4.47. The molecule has 0 bridgehead atoms. The summed E-state index contributed by atoms with van der Waals surface area (Å²) in [5.74, 6) is -2.65. The average Bonchev–Trinajstić information content (AvgIpc) is 2.43. The summed E-state index contributed by atoms with van der Waals surface area (Å²) in [6.07, 6.45) is -0.269. The van der Waals surface area contributed by atoms with Crippen LogP contribution < -0.4 is 10.1 Å². The van der Waals surface area contributed by atoms with Crippen molar-refractivity contribution in [3.8, 4) is 5.75 Å². The second kappa shape index (κ2) is 6.30. The average molecular weight is 295 g/mol. The molecule has 6 heteroatoms. The van der Waals surface area contributed by atoms with Gasteiger partial charge in [0.1, 0.15) is 28.9 Å². The fraction of sp³-hybridized carbons (Fsp3) is 0.133. The molecule has 3 nitrogen and oxygen atoms in total. The van der Waals surface area contributed by atoms with Crippen LogP contribution >= 0.6 is 0 Å². The van der Waals surface area contributed by atoms with Gasteiger partial charge < -0.3 is 10.1 Å². The first-order chi connectivity index (χ1) is 10.0. The molecule has 0 spiro atoms. The quantitative estimate of drug-likeness (QED) is 0.940. The van der Waals surface area contributed by atoms with E-state index in [4.69, 9.17) is 4.74 Å². The molecular formula is C15H12F3NO2. The Balaban J connectivity index is 2.17. The van der Waals surface area contributed by atoms with E-state index >= 15 is 0 Å². The van der Waals surface area contributed by atoms with E-state index in [1.807, 2.05) is 0 Å². The zero-order valence-electron chi connectivity index (χ0n) is 11.1. The van der Waals surface area contributed by atoms with E-state index in [9.17, 15) is 18.0 Å². The predicted molar refractivity (Wildman–Crippen MR) is 71.6 cm³/mol. The molecule has 1 N–H and O–H groups in total. The Morgan fingerprint density at radius 3 is 2.43 bits per heavy atom. The maximum Gasteiger partial charge on any atom is 0.229 e. The molecule has 0 atom stereocenters. The van der Waals surface area contributed by atoms with Crippen LogP contribution in [-0.2, 0) is 11.2 Å². The normalized spacial score (nSPS) is 10.3. The molecule has 2 aromatic carbocycles. The van der Waals surface area contributed by atoms with Crippen LogP contribution in [-0.4, -0.2) is 13.0 Å². The number of halogens is 3. The third-order valence-electron chi connectivity index (χ3n) is 2.82. The first-order valence-corrected chi connectivity index (χ1v) is 6.07. The van der Waals surface area contributed by atoms with E-state index in [0.717, 1.165) is 18.2 Å². The van der Waals surface area contributed by atoms with Gasteiger partial charge in [-0.15, -0.1) is 0 Å². The van der Waals surface area contributed by atoms with E-state index in [0.29, 0.717) is 5.75 Å². The molecule has 1 amide bonds. The van der Waals surface area contributed by atoms with Gasteiger partial charge in [-0.3, -0.25) is 4.79 Å². The molecule has 0 aliphatic carbocycles. The number of ether oxygens (including phenoxy) is 1. The molecule has 0 heterocycles. The zero-order chi connectivity index (χ0) is 15.4. The van der Waals surface area contributed by atoms with Gasteiger partial charge in [-0.25, -0.2) is 13.2 Å². The number of carbonyl (C=O) groups excluding carboxylic acids is 1. The second-order valence-electron chi connectivity index (χ2n) is 4.28.